The molecule has 2 heteroatoms. The third-order valence-electron chi connectivity index (χ3n) is 2.49. The van der Waals surface area contributed by atoms with Gasteiger partial charge in [-0.05, 0) is 18.4 Å². The molecule has 1 aliphatic rings. The molecule has 1 heterocycles. The molecule has 2 rings (SSSR count). The minimum atomic E-state index is 0.0787. The zero-order valence-corrected chi connectivity index (χ0v) is 7.49. The van der Waals surface area contributed by atoms with Gasteiger partial charge in [-0.3, -0.25) is 4.79 Å². The number of carbonyl (C=O) groups is 1. The number of nitrogens with one attached hydrogen (secondary N) is 1. The van der Waals surface area contributed by atoms with Crippen LogP contribution in [0.3, 0.4) is 0 Å². The number of benzene rings is 1. The van der Waals surface area contributed by atoms with Crippen LogP contribution in [-0.2, 0) is 4.79 Å². The molecule has 0 saturated carbocycles. The highest BCUT2D eigenvalue weighted by Gasteiger charge is 2.22. The molecule has 0 aliphatic carbocycles. The van der Waals surface area contributed by atoms with Crippen molar-refractivity contribution in [2.45, 2.75) is 18.8 Å². The number of carbonyl (C=O) groups excluding carboxylic acids is 1. The molecule has 1 atom stereocenters. The summed E-state index contributed by atoms with van der Waals surface area (Å²) in [5.41, 5.74) is 1.14. The lowest BCUT2D eigenvalue weighted by molar-refractivity contribution is -0.123. The summed E-state index contributed by atoms with van der Waals surface area (Å²) in [6.45, 7) is 0.835. The van der Waals surface area contributed by atoms with Crippen molar-refractivity contribution in [3.63, 3.8) is 0 Å². The summed E-state index contributed by atoms with van der Waals surface area (Å²) in [7, 11) is 0. The molecule has 0 unspecified atom stereocenters. The first kappa shape index (κ1) is 8.30. The second-order valence-corrected chi connectivity index (χ2v) is 3.40. The Labute approximate surface area is 78.0 Å². The van der Waals surface area contributed by atoms with E-state index in [1.807, 2.05) is 30.3 Å². The highest BCUT2D eigenvalue weighted by atomic mass is 16.1. The Morgan fingerprint density at radius 1 is 1.23 bits per heavy atom. The zero-order valence-electron chi connectivity index (χ0n) is 7.49. The van der Waals surface area contributed by atoms with E-state index < -0.39 is 0 Å². The average molecular weight is 175 g/mol. The first-order valence-electron chi connectivity index (χ1n) is 4.70. The van der Waals surface area contributed by atoms with E-state index in [-0.39, 0.29) is 11.8 Å². The van der Waals surface area contributed by atoms with E-state index >= 15 is 0 Å². The van der Waals surface area contributed by atoms with Crippen molar-refractivity contribution in [3.05, 3.63) is 35.9 Å². The number of amides is 1. The highest BCUT2D eigenvalue weighted by molar-refractivity contribution is 5.84. The molecule has 0 aromatic heterocycles. The van der Waals surface area contributed by atoms with Gasteiger partial charge in [-0.2, -0.15) is 0 Å². The molecule has 1 aromatic carbocycles. The zero-order chi connectivity index (χ0) is 9.10. The Bertz CT molecular complexity index is 294. The molecule has 13 heavy (non-hydrogen) atoms. The lowest BCUT2D eigenvalue weighted by Gasteiger charge is -2.21. The Morgan fingerprint density at radius 2 is 2.00 bits per heavy atom. The minimum Gasteiger partial charge on any atom is -0.356 e. The molecule has 0 bridgehead atoms. The first-order chi connectivity index (χ1) is 6.38. The van der Waals surface area contributed by atoms with Crippen molar-refractivity contribution in [2.24, 2.45) is 0 Å². The van der Waals surface area contributed by atoms with Gasteiger partial charge < -0.3 is 5.32 Å². The molecule has 0 spiro atoms. The quantitative estimate of drug-likeness (QED) is 0.691. The van der Waals surface area contributed by atoms with Crippen molar-refractivity contribution in [3.8, 4) is 0 Å². The van der Waals surface area contributed by atoms with Gasteiger partial charge in [0.05, 0.1) is 5.92 Å². The monoisotopic (exact) mass is 175 g/mol. The van der Waals surface area contributed by atoms with Gasteiger partial charge in [0.15, 0.2) is 0 Å². The summed E-state index contributed by atoms with van der Waals surface area (Å²) in [5, 5.41) is 2.89. The molecule has 2 nitrogen and oxygen atoms in total. The van der Waals surface area contributed by atoms with Gasteiger partial charge in [-0.1, -0.05) is 30.3 Å². The lowest BCUT2D eigenvalue weighted by Crippen LogP contribution is -2.34. The maximum absolute atomic E-state index is 11.5. The molecular formula is C11H13NO. The van der Waals surface area contributed by atoms with Crippen molar-refractivity contribution < 1.29 is 4.79 Å². The van der Waals surface area contributed by atoms with Crippen LogP contribution in [0, 0.1) is 0 Å². The number of piperidine rings is 1. The largest absolute Gasteiger partial charge is 0.356 e. The van der Waals surface area contributed by atoms with Gasteiger partial charge >= 0.3 is 0 Å². The maximum Gasteiger partial charge on any atom is 0.227 e. The summed E-state index contributed by atoms with van der Waals surface area (Å²) in [6, 6.07) is 9.99. The first-order valence-corrected chi connectivity index (χ1v) is 4.70. The smallest absolute Gasteiger partial charge is 0.227 e. The van der Waals surface area contributed by atoms with Crippen LogP contribution in [0.1, 0.15) is 24.3 Å². The van der Waals surface area contributed by atoms with Crippen LogP contribution in [0.5, 0.6) is 0 Å². The Kier molecular flexibility index (Phi) is 2.30. The van der Waals surface area contributed by atoms with E-state index in [2.05, 4.69) is 5.32 Å². The highest BCUT2D eigenvalue weighted by Crippen LogP contribution is 2.23. The van der Waals surface area contributed by atoms with Crippen LogP contribution in [-0.4, -0.2) is 12.5 Å². The van der Waals surface area contributed by atoms with Gasteiger partial charge in [0.2, 0.25) is 5.91 Å². The summed E-state index contributed by atoms with van der Waals surface area (Å²) < 4.78 is 0. The summed E-state index contributed by atoms with van der Waals surface area (Å²) in [6.07, 6.45) is 2.07. The molecule has 1 aromatic rings. The van der Waals surface area contributed by atoms with Crippen LogP contribution in [0.25, 0.3) is 0 Å². The molecule has 1 saturated heterocycles. The van der Waals surface area contributed by atoms with Crippen LogP contribution in [0.2, 0.25) is 0 Å². The van der Waals surface area contributed by atoms with E-state index in [1.165, 1.54) is 0 Å². The van der Waals surface area contributed by atoms with Crippen molar-refractivity contribution in [2.75, 3.05) is 6.54 Å². The Hall–Kier alpha value is -1.31. The fourth-order valence-electron chi connectivity index (χ4n) is 1.78. The fraction of sp³-hybridized carbons (Fsp3) is 0.364. The van der Waals surface area contributed by atoms with E-state index in [0.717, 1.165) is 24.9 Å². The van der Waals surface area contributed by atoms with E-state index in [0.29, 0.717) is 0 Å². The van der Waals surface area contributed by atoms with E-state index in [4.69, 9.17) is 0 Å². The molecule has 68 valence electrons. The topological polar surface area (TPSA) is 29.1 Å². The van der Waals surface area contributed by atoms with Crippen LogP contribution >= 0.6 is 0 Å². The van der Waals surface area contributed by atoms with Crippen molar-refractivity contribution >= 4 is 5.91 Å². The summed E-state index contributed by atoms with van der Waals surface area (Å²) >= 11 is 0. The van der Waals surface area contributed by atoms with Crippen LogP contribution in [0.15, 0.2) is 30.3 Å². The van der Waals surface area contributed by atoms with E-state index in [1.54, 1.807) is 0 Å². The van der Waals surface area contributed by atoms with Gasteiger partial charge in [-0.15, -0.1) is 0 Å². The van der Waals surface area contributed by atoms with Crippen LogP contribution in [0.4, 0.5) is 0 Å². The SMILES string of the molecule is O=C1NCCC[C@H]1c1ccccc1. The Morgan fingerprint density at radius 3 is 2.69 bits per heavy atom. The predicted octanol–water partition coefficient (Wildman–Crippen LogP) is 1.68. The predicted molar refractivity (Wildman–Crippen MR) is 51.4 cm³/mol. The number of rotatable bonds is 1. The lowest BCUT2D eigenvalue weighted by atomic mass is 9.91. The third kappa shape index (κ3) is 1.72. The summed E-state index contributed by atoms with van der Waals surface area (Å²) in [5.74, 6) is 0.257. The second kappa shape index (κ2) is 3.60. The van der Waals surface area contributed by atoms with Crippen molar-refractivity contribution in [1.82, 2.24) is 5.32 Å². The molecule has 1 N–H and O–H groups in total. The third-order valence-corrected chi connectivity index (χ3v) is 2.49. The van der Waals surface area contributed by atoms with Crippen molar-refractivity contribution in [1.29, 1.82) is 0 Å². The normalized spacial score (nSPS) is 22.5. The summed E-state index contributed by atoms with van der Waals surface area (Å²) in [4.78, 5) is 11.5. The fourth-order valence-corrected chi connectivity index (χ4v) is 1.78. The average Bonchev–Trinajstić information content (AvgIpc) is 2.20. The van der Waals surface area contributed by atoms with Gasteiger partial charge in [0.25, 0.3) is 0 Å². The molecule has 0 radical (unpaired) electrons. The number of hydrogen-bond acceptors (Lipinski definition) is 1. The molecule has 1 aliphatic heterocycles. The van der Waals surface area contributed by atoms with E-state index in [9.17, 15) is 4.79 Å². The molecular weight excluding hydrogens is 162 g/mol. The standard InChI is InChI=1S/C11H13NO/c13-11-10(7-4-8-12-11)9-5-2-1-3-6-9/h1-3,5-6,10H,4,7-8H2,(H,12,13)/t10-/m0/s1. The maximum atomic E-state index is 11.5. The second-order valence-electron chi connectivity index (χ2n) is 3.40. The van der Waals surface area contributed by atoms with Gasteiger partial charge in [-0.25, -0.2) is 0 Å². The van der Waals surface area contributed by atoms with Gasteiger partial charge in [0.1, 0.15) is 0 Å². The Balaban J connectivity index is 2.20. The molecule has 1 fully saturated rings. The minimum absolute atomic E-state index is 0.0787. The number of hydrogen-bond donors (Lipinski definition) is 1. The molecule has 1 amide bonds. The van der Waals surface area contributed by atoms with Crippen LogP contribution < -0.4 is 5.32 Å². The van der Waals surface area contributed by atoms with Gasteiger partial charge in [0, 0.05) is 6.54 Å².